The Labute approximate surface area is 192 Å². The van der Waals surface area contributed by atoms with Gasteiger partial charge in [-0.2, -0.15) is 13.2 Å². The van der Waals surface area contributed by atoms with Gasteiger partial charge in [0.25, 0.3) is 0 Å². The van der Waals surface area contributed by atoms with Gasteiger partial charge in [0, 0.05) is 12.3 Å². The number of alkyl halides is 3. The van der Waals surface area contributed by atoms with Gasteiger partial charge < -0.3 is 10.1 Å². The molecule has 32 heavy (non-hydrogen) atoms. The monoisotopic (exact) mass is 479 g/mol. The van der Waals surface area contributed by atoms with Gasteiger partial charge in [-0.1, -0.05) is 54.2 Å². The van der Waals surface area contributed by atoms with Gasteiger partial charge in [-0.25, -0.2) is 14.8 Å². The van der Waals surface area contributed by atoms with Crippen LogP contribution in [0.25, 0.3) is 0 Å². The van der Waals surface area contributed by atoms with E-state index in [9.17, 15) is 18.0 Å². The third-order valence-corrected chi connectivity index (χ3v) is 5.95. The number of ether oxygens (including phenoxy) is 1. The van der Waals surface area contributed by atoms with E-state index >= 15 is 0 Å². The highest BCUT2D eigenvalue weighted by atomic mass is 32.2. The van der Waals surface area contributed by atoms with E-state index in [1.54, 1.807) is 12.3 Å². The van der Waals surface area contributed by atoms with Crippen molar-refractivity contribution in [3.63, 3.8) is 0 Å². The molecule has 0 amide bonds. The topological polar surface area (TPSA) is 64.1 Å². The number of hydrogen-bond donors (Lipinski definition) is 1. The summed E-state index contributed by atoms with van der Waals surface area (Å²) in [6.07, 6.45) is -2.63. The lowest BCUT2D eigenvalue weighted by atomic mass is 10.1. The van der Waals surface area contributed by atoms with Crippen LogP contribution in [0, 0.1) is 0 Å². The van der Waals surface area contributed by atoms with Crippen LogP contribution in [0.4, 0.5) is 19.0 Å². The lowest BCUT2D eigenvalue weighted by molar-refractivity contribution is -0.137. The Hall–Kier alpha value is -2.72. The van der Waals surface area contributed by atoms with Gasteiger partial charge in [0.1, 0.15) is 16.4 Å². The number of carbonyl (C=O) groups excluding carboxylic acids is 1. The van der Waals surface area contributed by atoms with Crippen molar-refractivity contribution in [3.05, 3.63) is 76.9 Å². The smallest absolute Gasteiger partial charge is 0.416 e. The Morgan fingerprint density at radius 2 is 1.78 bits per heavy atom. The molecule has 1 aromatic heterocycles. The zero-order valence-electron chi connectivity index (χ0n) is 17.3. The Balaban J connectivity index is 1.91. The Bertz CT molecular complexity index is 1080. The van der Waals surface area contributed by atoms with Crippen LogP contribution in [-0.4, -0.2) is 29.3 Å². The van der Waals surface area contributed by atoms with E-state index in [2.05, 4.69) is 15.3 Å². The molecule has 2 aromatic carbocycles. The van der Waals surface area contributed by atoms with E-state index in [1.165, 1.54) is 36.7 Å². The molecule has 1 N–H and O–H groups in total. The van der Waals surface area contributed by atoms with Gasteiger partial charge in [-0.05, 0) is 29.5 Å². The first-order valence-electron chi connectivity index (χ1n) is 9.43. The predicted octanol–water partition coefficient (Wildman–Crippen LogP) is 5.91. The molecular formula is C22H20F3N3O2S2. The first-order chi connectivity index (χ1) is 15.3. The number of esters is 1. The Morgan fingerprint density at radius 1 is 1.06 bits per heavy atom. The van der Waals surface area contributed by atoms with E-state index < -0.39 is 17.7 Å². The van der Waals surface area contributed by atoms with Crippen molar-refractivity contribution in [1.29, 1.82) is 0 Å². The van der Waals surface area contributed by atoms with E-state index in [-0.39, 0.29) is 17.9 Å². The molecule has 0 atom stereocenters. The second kappa shape index (κ2) is 10.7. The van der Waals surface area contributed by atoms with Gasteiger partial charge in [0.15, 0.2) is 5.16 Å². The summed E-state index contributed by atoms with van der Waals surface area (Å²) in [5.74, 6) is 0.159. The van der Waals surface area contributed by atoms with Gasteiger partial charge in [-0.3, -0.25) is 0 Å². The largest absolute Gasteiger partial charge is 0.465 e. The highest BCUT2D eigenvalue weighted by Gasteiger charge is 2.30. The maximum atomic E-state index is 13.0. The first kappa shape index (κ1) is 23.9. The Kier molecular flexibility index (Phi) is 8.03. The van der Waals surface area contributed by atoms with Crippen molar-refractivity contribution in [2.75, 3.05) is 18.7 Å². The van der Waals surface area contributed by atoms with E-state index in [4.69, 9.17) is 4.74 Å². The molecule has 5 nitrogen and oxygen atoms in total. The standard InChI is InChI=1S/C22H20F3N3O2S2/c1-30-20(29)17-18(26-12-15-9-6-10-16(11-15)22(23,24)25)27-21(31-2)28-19(17)32-13-14-7-4-3-5-8-14/h3-11H,12-13H2,1-2H3,(H,26,27,28). The molecule has 0 saturated heterocycles. The van der Waals surface area contributed by atoms with Gasteiger partial charge in [0.2, 0.25) is 0 Å². The van der Waals surface area contributed by atoms with Crippen molar-refractivity contribution >= 4 is 35.3 Å². The van der Waals surface area contributed by atoms with Crippen LogP contribution in [0.3, 0.4) is 0 Å². The highest BCUT2D eigenvalue weighted by molar-refractivity contribution is 7.99. The number of methoxy groups -OCH3 is 1. The summed E-state index contributed by atoms with van der Waals surface area (Å²) in [6, 6.07) is 14.7. The minimum atomic E-state index is -4.44. The van der Waals surface area contributed by atoms with Crippen LogP contribution in [-0.2, 0) is 23.2 Å². The Morgan fingerprint density at radius 3 is 2.44 bits per heavy atom. The van der Waals surface area contributed by atoms with Gasteiger partial charge in [0.05, 0.1) is 12.7 Å². The lowest BCUT2D eigenvalue weighted by Crippen LogP contribution is -2.14. The molecule has 0 aliphatic rings. The van der Waals surface area contributed by atoms with Crippen molar-refractivity contribution < 1.29 is 22.7 Å². The fourth-order valence-electron chi connectivity index (χ4n) is 2.80. The molecule has 10 heteroatoms. The second-order valence-corrected chi connectivity index (χ2v) is 8.29. The van der Waals surface area contributed by atoms with Crippen LogP contribution in [0.2, 0.25) is 0 Å². The number of carbonyl (C=O) groups is 1. The summed E-state index contributed by atoms with van der Waals surface area (Å²) in [5.41, 5.74) is 0.865. The maximum absolute atomic E-state index is 13.0. The molecule has 0 aliphatic heterocycles. The average Bonchev–Trinajstić information content (AvgIpc) is 2.80. The molecule has 0 fully saturated rings. The van der Waals surface area contributed by atoms with E-state index in [1.807, 2.05) is 30.3 Å². The number of nitrogens with zero attached hydrogens (tertiary/aromatic N) is 2. The summed E-state index contributed by atoms with van der Waals surface area (Å²) in [5, 5.41) is 3.86. The number of benzene rings is 2. The molecule has 0 saturated carbocycles. The molecular weight excluding hydrogens is 459 g/mol. The second-order valence-electron chi connectivity index (χ2n) is 6.56. The predicted molar refractivity (Wildman–Crippen MR) is 120 cm³/mol. The molecule has 168 valence electrons. The third-order valence-electron chi connectivity index (χ3n) is 4.36. The number of anilines is 1. The summed E-state index contributed by atoms with van der Waals surface area (Å²) >= 11 is 2.66. The van der Waals surface area contributed by atoms with Crippen LogP contribution in [0.15, 0.2) is 64.8 Å². The van der Waals surface area contributed by atoms with Crippen molar-refractivity contribution in [3.8, 4) is 0 Å². The van der Waals surface area contributed by atoms with Crippen LogP contribution in [0.1, 0.15) is 27.0 Å². The SMILES string of the molecule is COC(=O)c1c(NCc2cccc(C(F)(F)F)c2)nc(SC)nc1SCc1ccccc1. The molecule has 3 aromatic rings. The number of thioether (sulfide) groups is 2. The first-order valence-corrected chi connectivity index (χ1v) is 11.6. The molecule has 3 rings (SSSR count). The summed E-state index contributed by atoms with van der Waals surface area (Å²) in [4.78, 5) is 21.4. The quantitative estimate of drug-likeness (QED) is 0.187. The van der Waals surface area contributed by atoms with Crippen LogP contribution in [0.5, 0.6) is 0 Å². The number of halogens is 3. The van der Waals surface area contributed by atoms with E-state index in [0.29, 0.717) is 21.5 Å². The molecule has 0 aliphatic carbocycles. The third kappa shape index (κ3) is 6.17. The minimum absolute atomic E-state index is 0.0432. The molecule has 0 unspecified atom stereocenters. The summed E-state index contributed by atoms with van der Waals surface area (Å²) in [6.45, 7) is 0.0432. The minimum Gasteiger partial charge on any atom is -0.465 e. The van der Waals surface area contributed by atoms with Gasteiger partial charge >= 0.3 is 12.1 Å². The number of nitrogens with one attached hydrogen (secondary N) is 1. The summed E-state index contributed by atoms with van der Waals surface area (Å²) < 4.78 is 44.0. The molecule has 0 spiro atoms. The van der Waals surface area contributed by atoms with Gasteiger partial charge in [-0.15, -0.1) is 11.8 Å². The molecule has 0 radical (unpaired) electrons. The molecule has 1 heterocycles. The van der Waals surface area contributed by atoms with Crippen molar-refractivity contribution in [2.24, 2.45) is 0 Å². The van der Waals surface area contributed by atoms with Crippen LogP contribution >= 0.6 is 23.5 Å². The fourth-order valence-corrected chi connectivity index (χ4v) is 4.19. The van der Waals surface area contributed by atoms with Crippen molar-refractivity contribution in [1.82, 2.24) is 9.97 Å². The average molecular weight is 480 g/mol. The van der Waals surface area contributed by atoms with Crippen LogP contribution < -0.4 is 5.32 Å². The zero-order valence-corrected chi connectivity index (χ0v) is 18.9. The fraction of sp³-hybridized carbons (Fsp3) is 0.227. The summed E-state index contributed by atoms with van der Waals surface area (Å²) in [7, 11) is 1.26. The lowest BCUT2D eigenvalue weighted by Gasteiger charge is -2.15. The van der Waals surface area contributed by atoms with E-state index in [0.717, 1.165) is 17.7 Å². The van der Waals surface area contributed by atoms with Crippen molar-refractivity contribution in [2.45, 2.75) is 28.7 Å². The number of rotatable bonds is 8. The number of aromatic nitrogens is 2. The zero-order chi connectivity index (χ0) is 23.1. The number of hydrogen-bond acceptors (Lipinski definition) is 7. The maximum Gasteiger partial charge on any atom is 0.416 e. The molecule has 0 bridgehead atoms. The highest BCUT2D eigenvalue weighted by Crippen LogP contribution is 2.32. The normalized spacial score (nSPS) is 11.3.